The van der Waals surface area contributed by atoms with Crippen LogP contribution in [-0.2, 0) is 9.53 Å². The van der Waals surface area contributed by atoms with Gasteiger partial charge in [0.15, 0.2) is 0 Å². The smallest absolute Gasteiger partial charge is 0.224 e. The number of carbonyl (C=O) groups excluding carboxylic acids is 1. The van der Waals surface area contributed by atoms with E-state index in [9.17, 15) is 4.79 Å². The molecule has 100 valence electrons. The molecule has 17 heavy (non-hydrogen) atoms. The van der Waals surface area contributed by atoms with E-state index in [1.807, 2.05) is 6.92 Å². The van der Waals surface area contributed by atoms with Gasteiger partial charge in [-0.2, -0.15) is 0 Å². The van der Waals surface area contributed by atoms with Gasteiger partial charge in [-0.05, 0) is 19.4 Å². The van der Waals surface area contributed by atoms with Crippen molar-refractivity contribution in [3.05, 3.63) is 0 Å². The fraction of sp³-hybridized carbons (Fsp3) is 0.917. The van der Waals surface area contributed by atoms with E-state index in [2.05, 4.69) is 10.2 Å². The highest BCUT2D eigenvalue weighted by atomic mass is 16.5. The lowest BCUT2D eigenvalue weighted by Gasteiger charge is -2.24. The third-order valence-electron chi connectivity index (χ3n) is 3.39. The highest BCUT2D eigenvalue weighted by Gasteiger charge is 2.24. The van der Waals surface area contributed by atoms with Crippen LogP contribution in [0.15, 0.2) is 0 Å². The summed E-state index contributed by atoms with van der Waals surface area (Å²) in [6.07, 6.45) is 2.36. The molecular formula is C12H25N3O2. The normalized spacial score (nSPS) is 22.6. The molecule has 3 N–H and O–H groups in total. The van der Waals surface area contributed by atoms with Gasteiger partial charge in [0.1, 0.15) is 0 Å². The molecule has 5 heteroatoms. The summed E-state index contributed by atoms with van der Waals surface area (Å²) >= 11 is 0. The summed E-state index contributed by atoms with van der Waals surface area (Å²) in [7, 11) is 1.72. The summed E-state index contributed by atoms with van der Waals surface area (Å²) in [5, 5.41) is 2.98. The molecule has 1 saturated heterocycles. The Bertz CT molecular complexity index is 236. The Morgan fingerprint density at radius 1 is 1.65 bits per heavy atom. The van der Waals surface area contributed by atoms with Crippen LogP contribution in [0.4, 0.5) is 0 Å². The number of likely N-dealkylation sites (tertiary alicyclic amines) is 1. The molecule has 0 aliphatic carbocycles. The number of hydrogen-bond acceptors (Lipinski definition) is 4. The predicted octanol–water partition coefficient (Wildman–Crippen LogP) is -0.192. The maximum Gasteiger partial charge on any atom is 0.224 e. The van der Waals surface area contributed by atoms with Crippen LogP contribution in [-0.4, -0.2) is 56.7 Å². The molecule has 1 rings (SSSR count). The van der Waals surface area contributed by atoms with Gasteiger partial charge in [-0.1, -0.05) is 6.92 Å². The molecule has 0 aromatic heterocycles. The van der Waals surface area contributed by atoms with Crippen molar-refractivity contribution in [2.75, 3.05) is 39.9 Å². The minimum Gasteiger partial charge on any atom is -0.383 e. The summed E-state index contributed by atoms with van der Waals surface area (Å²) in [5.74, 6) is -0.0325. The zero-order valence-corrected chi connectivity index (χ0v) is 10.9. The lowest BCUT2D eigenvalue weighted by molar-refractivity contribution is -0.124. The number of methoxy groups -OCH3 is 1. The zero-order chi connectivity index (χ0) is 12.7. The predicted molar refractivity (Wildman–Crippen MR) is 67.7 cm³/mol. The van der Waals surface area contributed by atoms with Gasteiger partial charge < -0.3 is 15.8 Å². The molecule has 0 bridgehead atoms. The van der Waals surface area contributed by atoms with Gasteiger partial charge in [-0.3, -0.25) is 9.69 Å². The van der Waals surface area contributed by atoms with Gasteiger partial charge in [0.2, 0.25) is 5.91 Å². The number of nitrogens with two attached hydrogens (primary N) is 1. The summed E-state index contributed by atoms with van der Waals surface area (Å²) in [6.45, 7) is 5.80. The first kappa shape index (κ1) is 14.4. The minimum atomic E-state index is -0.0937. The lowest BCUT2D eigenvalue weighted by atomic mass is 10.1. The van der Waals surface area contributed by atoms with Gasteiger partial charge in [0.05, 0.1) is 6.61 Å². The average Bonchev–Trinajstić information content (AvgIpc) is 2.79. The Morgan fingerprint density at radius 3 is 3.06 bits per heavy atom. The molecule has 0 aromatic rings. The van der Waals surface area contributed by atoms with Crippen LogP contribution < -0.4 is 11.1 Å². The average molecular weight is 243 g/mol. The molecule has 1 aliphatic rings. The second-order valence-corrected chi connectivity index (χ2v) is 4.71. The molecule has 0 saturated carbocycles. The molecule has 2 atom stereocenters. The largest absolute Gasteiger partial charge is 0.383 e. The van der Waals surface area contributed by atoms with E-state index in [-0.39, 0.29) is 11.8 Å². The summed E-state index contributed by atoms with van der Waals surface area (Å²) in [5.41, 5.74) is 5.46. The molecule has 1 aliphatic heterocycles. The van der Waals surface area contributed by atoms with Gasteiger partial charge >= 0.3 is 0 Å². The third-order valence-corrected chi connectivity index (χ3v) is 3.39. The van der Waals surface area contributed by atoms with Crippen LogP contribution in [0.2, 0.25) is 0 Å². The molecule has 0 aromatic carbocycles. The maximum absolute atomic E-state index is 11.6. The highest BCUT2D eigenvalue weighted by Crippen LogP contribution is 2.15. The molecule has 1 heterocycles. The standard InChI is InChI=1S/C12H25N3O2/c1-10(8-13)12(16)14-9-11-4-3-5-15(11)6-7-17-2/h10-11H,3-9,13H2,1-2H3,(H,14,16). The Labute approximate surface area is 104 Å². The number of ether oxygens (including phenoxy) is 1. The number of nitrogens with zero attached hydrogens (tertiary/aromatic N) is 1. The van der Waals surface area contributed by atoms with Crippen LogP contribution in [0, 0.1) is 5.92 Å². The van der Waals surface area contributed by atoms with Crippen LogP contribution in [0.5, 0.6) is 0 Å². The van der Waals surface area contributed by atoms with Gasteiger partial charge in [-0.25, -0.2) is 0 Å². The molecule has 0 radical (unpaired) electrons. The fourth-order valence-electron chi connectivity index (χ4n) is 2.13. The van der Waals surface area contributed by atoms with E-state index in [4.69, 9.17) is 10.5 Å². The van der Waals surface area contributed by atoms with Crippen molar-refractivity contribution in [1.82, 2.24) is 10.2 Å². The minimum absolute atomic E-state index is 0.0612. The number of nitrogens with one attached hydrogen (secondary N) is 1. The van der Waals surface area contributed by atoms with Crippen molar-refractivity contribution < 1.29 is 9.53 Å². The van der Waals surface area contributed by atoms with Crippen LogP contribution in [0.25, 0.3) is 0 Å². The van der Waals surface area contributed by atoms with Crippen molar-refractivity contribution in [3.8, 4) is 0 Å². The van der Waals surface area contributed by atoms with Crippen LogP contribution in [0.1, 0.15) is 19.8 Å². The Hall–Kier alpha value is -0.650. The molecular weight excluding hydrogens is 218 g/mol. The summed E-state index contributed by atoms with van der Waals surface area (Å²) in [4.78, 5) is 14.0. The summed E-state index contributed by atoms with van der Waals surface area (Å²) in [6, 6.07) is 0.457. The topological polar surface area (TPSA) is 67.6 Å². The number of rotatable bonds is 7. The van der Waals surface area contributed by atoms with Gasteiger partial charge in [0, 0.05) is 38.7 Å². The van der Waals surface area contributed by atoms with E-state index in [0.717, 1.165) is 32.7 Å². The van der Waals surface area contributed by atoms with Crippen molar-refractivity contribution in [3.63, 3.8) is 0 Å². The molecule has 1 fully saturated rings. The first-order valence-corrected chi connectivity index (χ1v) is 6.39. The Balaban J connectivity index is 2.27. The van der Waals surface area contributed by atoms with E-state index in [1.165, 1.54) is 6.42 Å². The Kier molecular flexibility index (Phi) is 6.47. The first-order chi connectivity index (χ1) is 8.19. The zero-order valence-electron chi connectivity index (χ0n) is 10.9. The Morgan fingerprint density at radius 2 is 2.41 bits per heavy atom. The summed E-state index contributed by atoms with van der Waals surface area (Å²) < 4.78 is 5.09. The fourth-order valence-corrected chi connectivity index (χ4v) is 2.13. The lowest BCUT2D eigenvalue weighted by Crippen LogP contribution is -2.43. The highest BCUT2D eigenvalue weighted by molar-refractivity contribution is 5.78. The van der Waals surface area contributed by atoms with Crippen molar-refractivity contribution in [1.29, 1.82) is 0 Å². The second kappa shape index (κ2) is 7.63. The molecule has 5 nitrogen and oxygen atoms in total. The van der Waals surface area contributed by atoms with Crippen LogP contribution in [0.3, 0.4) is 0 Å². The van der Waals surface area contributed by atoms with E-state index < -0.39 is 0 Å². The second-order valence-electron chi connectivity index (χ2n) is 4.71. The quantitative estimate of drug-likeness (QED) is 0.650. The maximum atomic E-state index is 11.6. The molecule has 1 amide bonds. The number of amides is 1. The van der Waals surface area contributed by atoms with Gasteiger partial charge in [-0.15, -0.1) is 0 Å². The van der Waals surface area contributed by atoms with Gasteiger partial charge in [0.25, 0.3) is 0 Å². The SMILES string of the molecule is COCCN1CCCC1CNC(=O)C(C)CN. The van der Waals surface area contributed by atoms with Crippen molar-refractivity contribution >= 4 is 5.91 Å². The van der Waals surface area contributed by atoms with Crippen molar-refractivity contribution in [2.45, 2.75) is 25.8 Å². The van der Waals surface area contributed by atoms with Crippen LogP contribution >= 0.6 is 0 Å². The van der Waals surface area contributed by atoms with Crippen molar-refractivity contribution in [2.24, 2.45) is 11.7 Å². The van der Waals surface area contributed by atoms with E-state index >= 15 is 0 Å². The monoisotopic (exact) mass is 243 g/mol. The number of carbonyl (C=O) groups is 1. The molecule has 2 unspecified atom stereocenters. The third kappa shape index (κ3) is 4.61. The molecule has 0 spiro atoms. The van der Waals surface area contributed by atoms with E-state index in [0.29, 0.717) is 12.6 Å². The van der Waals surface area contributed by atoms with E-state index in [1.54, 1.807) is 7.11 Å². The first-order valence-electron chi connectivity index (χ1n) is 6.39. The number of hydrogen-bond donors (Lipinski definition) is 2.